The van der Waals surface area contributed by atoms with Gasteiger partial charge in [-0.2, -0.15) is 0 Å². The van der Waals surface area contributed by atoms with E-state index in [1.807, 2.05) is 18.2 Å². The van der Waals surface area contributed by atoms with Crippen molar-refractivity contribution >= 4 is 52.1 Å². The Morgan fingerprint density at radius 2 is 1.60 bits per heavy atom. The Morgan fingerprint density at radius 3 is 2.24 bits per heavy atom. The Bertz CT molecular complexity index is 741. The van der Waals surface area contributed by atoms with Crippen molar-refractivity contribution in [1.29, 1.82) is 0 Å². The average molecular weight is 399 g/mol. The van der Waals surface area contributed by atoms with Crippen LogP contribution in [0, 0.1) is 0 Å². The summed E-state index contributed by atoms with van der Waals surface area (Å²) in [6, 6.07) is 12.8. The van der Waals surface area contributed by atoms with Crippen molar-refractivity contribution in [2.75, 3.05) is 42.9 Å². The maximum Gasteiger partial charge on any atom is 0.238 e. The van der Waals surface area contributed by atoms with Crippen LogP contribution in [0.4, 0.5) is 11.4 Å². The molecule has 0 aromatic heterocycles. The molecule has 132 valence electrons. The molecule has 0 spiro atoms. The summed E-state index contributed by atoms with van der Waals surface area (Å²) in [5, 5.41) is 4.57. The molecule has 0 saturated carbocycles. The van der Waals surface area contributed by atoms with Gasteiger partial charge in [0.15, 0.2) is 0 Å². The highest BCUT2D eigenvalue weighted by Crippen LogP contribution is 2.23. The molecule has 25 heavy (non-hydrogen) atoms. The van der Waals surface area contributed by atoms with Crippen molar-refractivity contribution in [3.05, 3.63) is 57.5 Å². The summed E-state index contributed by atoms with van der Waals surface area (Å²) >= 11 is 18.0. The van der Waals surface area contributed by atoms with E-state index in [-0.39, 0.29) is 5.91 Å². The van der Waals surface area contributed by atoms with Crippen LogP contribution in [0.3, 0.4) is 0 Å². The second-order valence-electron chi connectivity index (χ2n) is 5.95. The molecule has 2 aromatic rings. The number of hydrogen-bond acceptors (Lipinski definition) is 3. The van der Waals surface area contributed by atoms with Gasteiger partial charge in [0, 0.05) is 52.6 Å². The van der Waals surface area contributed by atoms with E-state index >= 15 is 0 Å². The summed E-state index contributed by atoms with van der Waals surface area (Å²) in [6.07, 6.45) is 0. The van der Waals surface area contributed by atoms with E-state index in [2.05, 4.69) is 21.2 Å². The number of hydrogen-bond donors (Lipinski definition) is 1. The normalized spacial score (nSPS) is 15.2. The van der Waals surface area contributed by atoms with Gasteiger partial charge < -0.3 is 10.2 Å². The lowest BCUT2D eigenvalue weighted by Crippen LogP contribution is -2.48. The van der Waals surface area contributed by atoms with Crippen LogP contribution in [0.15, 0.2) is 42.5 Å². The van der Waals surface area contributed by atoms with Crippen LogP contribution in [0.25, 0.3) is 0 Å². The first-order valence-electron chi connectivity index (χ1n) is 7.98. The zero-order chi connectivity index (χ0) is 17.8. The summed E-state index contributed by atoms with van der Waals surface area (Å²) in [5.74, 6) is -0.0745. The fourth-order valence-electron chi connectivity index (χ4n) is 2.87. The minimum Gasteiger partial charge on any atom is -0.369 e. The van der Waals surface area contributed by atoms with Crippen LogP contribution in [-0.4, -0.2) is 43.5 Å². The third-order valence-electron chi connectivity index (χ3n) is 4.06. The molecule has 1 fully saturated rings. The Hall–Kier alpha value is -1.46. The lowest BCUT2D eigenvalue weighted by Gasteiger charge is -2.35. The Balaban J connectivity index is 1.51. The SMILES string of the molecule is O=C(CN1CCN(c2cccc(Cl)c2)CC1)Nc1cc(Cl)cc(Cl)c1. The number of piperazine rings is 1. The van der Waals surface area contributed by atoms with Gasteiger partial charge in [0.1, 0.15) is 0 Å². The number of halogens is 3. The van der Waals surface area contributed by atoms with E-state index in [0.717, 1.165) is 36.9 Å². The van der Waals surface area contributed by atoms with E-state index in [0.29, 0.717) is 22.3 Å². The maximum atomic E-state index is 12.2. The van der Waals surface area contributed by atoms with Crippen molar-refractivity contribution in [1.82, 2.24) is 4.90 Å². The van der Waals surface area contributed by atoms with Gasteiger partial charge in [0.05, 0.1) is 6.54 Å². The molecule has 0 bridgehead atoms. The third kappa shape index (κ3) is 5.25. The number of carbonyl (C=O) groups excluding carboxylic acids is 1. The molecule has 0 atom stereocenters. The van der Waals surface area contributed by atoms with Crippen molar-refractivity contribution in [3.63, 3.8) is 0 Å². The highest BCUT2D eigenvalue weighted by molar-refractivity contribution is 6.35. The minimum absolute atomic E-state index is 0.0745. The zero-order valence-corrected chi connectivity index (χ0v) is 15.8. The first-order valence-corrected chi connectivity index (χ1v) is 9.12. The largest absolute Gasteiger partial charge is 0.369 e. The van der Waals surface area contributed by atoms with Crippen molar-refractivity contribution in [3.8, 4) is 0 Å². The first-order chi connectivity index (χ1) is 12.0. The Kier molecular flexibility index (Phi) is 6.07. The summed E-state index contributed by atoms with van der Waals surface area (Å²) in [7, 11) is 0. The van der Waals surface area contributed by atoms with Gasteiger partial charge in [-0.25, -0.2) is 0 Å². The number of nitrogens with zero attached hydrogens (tertiary/aromatic N) is 2. The number of rotatable bonds is 4. The van der Waals surface area contributed by atoms with Gasteiger partial charge >= 0.3 is 0 Å². The van der Waals surface area contributed by atoms with Crippen molar-refractivity contribution in [2.45, 2.75) is 0 Å². The standard InChI is InChI=1S/C18H18Cl3N3O/c19-13-2-1-3-17(11-13)24-6-4-23(5-7-24)12-18(25)22-16-9-14(20)8-15(21)10-16/h1-3,8-11H,4-7,12H2,(H,22,25). The van der Waals surface area contributed by atoms with Gasteiger partial charge in [-0.15, -0.1) is 0 Å². The van der Waals surface area contributed by atoms with Crippen molar-refractivity contribution < 1.29 is 4.79 Å². The number of amides is 1. The molecule has 0 unspecified atom stereocenters. The summed E-state index contributed by atoms with van der Waals surface area (Å²) in [6.45, 7) is 3.69. The van der Waals surface area contributed by atoms with Crippen LogP contribution < -0.4 is 10.2 Å². The van der Waals surface area contributed by atoms with Crippen LogP contribution in [-0.2, 0) is 4.79 Å². The lowest BCUT2D eigenvalue weighted by molar-refractivity contribution is -0.117. The molecule has 0 radical (unpaired) electrons. The predicted octanol–water partition coefficient (Wildman–Crippen LogP) is 4.41. The van der Waals surface area contributed by atoms with Gasteiger partial charge in [0.2, 0.25) is 5.91 Å². The van der Waals surface area contributed by atoms with Crippen LogP contribution in [0.2, 0.25) is 15.1 Å². The summed E-state index contributed by atoms with van der Waals surface area (Å²) in [5.41, 5.74) is 1.73. The molecule has 1 saturated heterocycles. The minimum atomic E-state index is -0.0745. The molecule has 2 aromatic carbocycles. The number of carbonyl (C=O) groups is 1. The average Bonchev–Trinajstić information content (AvgIpc) is 2.54. The monoisotopic (exact) mass is 397 g/mol. The van der Waals surface area contributed by atoms with Crippen LogP contribution in [0.1, 0.15) is 0 Å². The van der Waals surface area contributed by atoms with E-state index < -0.39 is 0 Å². The molecule has 7 heteroatoms. The summed E-state index contributed by atoms with van der Waals surface area (Å²) < 4.78 is 0. The Labute approximate surface area is 162 Å². The quantitative estimate of drug-likeness (QED) is 0.829. The molecule has 0 aliphatic carbocycles. The molecular weight excluding hydrogens is 381 g/mol. The smallest absolute Gasteiger partial charge is 0.238 e. The molecule has 1 aliphatic heterocycles. The predicted molar refractivity (Wildman–Crippen MR) is 105 cm³/mol. The Morgan fingerprint density at radius 1 is 0.920 bits per heavy atom. The van der Waals surface area contributed by atoms with E-state index in [1.165, 1.54) is 0 Å². The highest BCUT2D eigenvalue weighted by atomic mass is 35.5. The van der Waals surface area contributed by atoms with Gasteiger partial charge in [0.25, 0.3) is 0 Å². The van der Waals surface area contributed by atoms with E-state index in [9.17, 15) is 4.79 Å². The molecule has 1 N–H and O–H groups in total. The van der Waals surface area contributed by atoms with E-state index in [4.69, 9.17) is 34.8 Å². The zero-order valence-electron chi connectivity index (χ0n) is 13.5. The fourth-order valence-corrected chi connectivity index (χ4v) is 3.58. The molecule has 1 heterocycles. The fraction of sp³-hybridized carbons (Fsp3) is 0.278. The van der Waals surface area contributed by atoms with Gasteiger partial charge in [-0.3, -0.25) is 9.69 Å². The van der Waals surface area contributed by atoms with Gasteiger partial charge in [-0.1, -0.05) is 40.9 Å². The van der Waals surface area contributed by atoms with Crippen LogP contribution in [0.5, 0.6) is 0 Å². The number of anilines is 2. The molecule has 3 rings (SSSR count). The third-order valence-corrected chi connectivity index (χ3v) is 4.73. The molecule has 1 aliphatic rings. The topological polar surface area (TPSA) is 35.6 Å². The molecular formula is C18H18Cl3N3O. The van der Waals surface area contributed by atoms with Crippen molar-refractivity contribution in [2.24, 2.45) is 0 Å². The second kappa shape index (κ2) is 8.28. The maximum absolute atomic E-state index is 12.2. The highest BCUT2D eigenvalue weighted by Gasteiger charge is 2.19. The molecule has 1 amide bonds. The lowest BCUT2D eigenvalue weighted by atomic mass is 10.2. The number of benzene rings is 2. The van der Waals surface area contributed by atoms with Gasteiger partial charge in [-0.05, 0) is 36.4 Å². The first kappa shape index (κ1) is 18.3. The van der Waals surface area contributed by atoms with Crippen LogP contribution >= 0.6 is 34.8 Å². The second-order valence-corrected chi connectivity index (χ2v) is 7.26. The van der Waals surface area contributed by atoms with E-state index in [1.54, 1.807) is 18.2 Å². The number of nitrogens with one attached hydrogen (secondary N) is 1. The molecule has 4 nitrogen and oxygen atoms in total. The summed E-state index contributed by atoms with van der Waals surface area (Å²) in [4.78, 5) is 16.6.